The molecule has 0 atom stereocenters. The van der Waals surface area contributed by atoms with E-state index < -0.39 is 5.91 Å². The van der Waals surface area contributed by atoms with Gasteiger partial charge in [-0.15, -0.1) is 17.0 Å². The molecule has 0 fully saturated rings. The van der Waals surface area contributed by atoms with Gasteiger partial charge in [-0.05, 0) is 13.0 Å². The number of carbonyl (C=O) groups is 2. The molecule has 0 aliphatic heterocycles. The molecule has 1 amide bonds. The molecule has 0 aromatic carbocycles. The van der Waals surface area contributed by atoms with Gasteiger partial charge >= 0.3 is 5.97 Å². The van der Waals surface area contributed by atoms with E-state index in [-0.39, 0.29) is 29.6 Å². The van der Waals surface area contributed by atoms with Gasteiger partial charge in [-0.3, -0.25) is 4.79 Å². The summed E-state index contributed by atoms with van der Waals surface area (Å²) >= 11 is 0. The Morgan fingerprint density at radius 1 is 1.47 bits per heavy atom. The van der Waals surface area contributed by atoms with Crippen LogP contribution >= 0.6 is 17.0 Å². The van der Waals surface area contributed by atoms with Crippen LogP contribution in [0.2, 0.25) is 0 Å². The number of rotatable bonds is 4. The molecular weight excluding hydrogens is 264 g/mol. The van der Waals surface area contributed by atoms with E-state index in [4.69, 9.17) is 5.73 Å². The number of primary amides is 1. The average molecular weight is 281 g/mol. The number of carbonyl (C=O) groups excluding carboxylic acids is 2. The van der Waals surface area contributed by atoms with Crippen molar-refractivity contribution in [1.82, 2.24) is 0 Å². The standard InChI is InChI=1S/C6H11NO2.C3H5NO.BrH/c1-5(2)6(8)9-4-3-7;1-2-3(4)5;/h1,3-4,7H2,2H3;2H,1H2,(H2,4,5);1H. The second-order valence-corrected chi connectivity index (χ2v) is 2.31. The van der Waals surface area contributed by atoms with Crippen LogP contribution in [0.15, 0.2) is 24.8 Å². The number of hydrogen-bond donors (Lipinski definition) is 2. The summed E-state index contributed by atoms with van der Waals surface area (Å²) < 4.78 is 4.59. The molecule has 0 aromatic rings. The van der Waals surface area contributed by atoms with Gasteiger partial charge in [0.2, 0.25) is 5.91 Å². The number of hydrogen-bond acceptors (Lipinski definition) is 4. The van der Waals surface area contributed by atoms with Crippen molar-refractivity contribution in [3.63, 3.8) is 0 Å². The number of ether oxygens (including phenoxy) is 1. The van der Waals surface area contributed by atoms with Crippen molar-refractivity contribution in [1.29, 1.82) is 0 Å². The Morgan fingerprint density at radius 3 is 2.07 bits per heavy atom. The van der Waals surface area contributed by atoms with Gasteiger partial charge in [0.1, 0.15) is 6.61 Å². The predicted molar refractivity (Wildman–Crippen MR) is 64.5 cm³/mol. The number of amides is 1. The minimum atomic E-state index is -0.481. The van der Waals surface area contributed by atoms with Crippen molar-refractivity contribution < 1.29 is 14.3 Å². The summed E-state index contributed by atoms with van der Waals surface area (Å²) in [6.07, 6.45) is 1.06. The first-order chi connectivity index (χ1) is 6.45. The van der Waals surface area contributed by atoms with Crippen LogP contribution in [0.25, 0.3) is 0 Å². The SMILES string of the molecule is Br.C=C(C)C(=O)OCCN.C=CC(N)=O. The lowest BCUT2D eigenvalue weighted by molar-refractivity contribution is -0.138. The summed E-state index contributed by atoms with van der Waals surface area (Å²) in [5.74, 6) is -0.856. The van der Waals surface area contributed by atoms with E-state index in [1.165, 1.54) is 0 Å². The van der Waals surface area contributed by atoms with E-state index in [0.29, 0.717) is 12.1 Å². The van der Waals surface area contributed by atoms with E-state index in [1.54, 1.807) is 6.92 Å². The third-order valence-corrected chi connectivity index (χ3v) is 0.901. The van der Waals surface area contributed by atoms with Crippen molar-refractivity contribution in [2.45, 2.75) is 6.92 Å². The van der Waals surface area contributed by atoms with Gasteiger partial charge in [0.25, 0.3) is 0 Å². The minimum absolute atomic E-state index is 0. The summed E-state index contributed by atoms with van der Waals surface area (Å²) in [6.45, 7) is 8.70. The smallest absolute Gasteiger partial charge is 0.333 e. The molecule has 0 rings (SSSR count). The topological polar surface area (TPSA) is 95.4 Å². The predicted octanol–water partition coefficient (Wildman–Crippen LogP) is 0.300. The molecule has 0 aliphatic rings. The Balaban J connectivity index is -0.000000208. The number of esters is 1. The molecule has 4 N–H and O–H groups in total. The van der Waals surface area contributed by atoms with E-state index >= 15 is 0 Å². The molecule has 5 nitrogen and oxygen atoms in total. The highest BCUT2D eigenvalue weighted by Gasteiger charge is 1.99. The van der Waals surface area contributed by atoms with Crippen LogP contribution in [0.5, 0.6) is 0 Å². The highest BCUT2D eigenvalue weighted by Crippen LogP contribution is 1.89. The molecule has 0 aromatic heterocycles. The second-order valence-electron chi connectivity index (χ2n) is 2.31. The zero-order valence-electron chi connectivity index (χ0n) is 8.69. The Labute approximate surface area is 99.9 Å². The Kier molecular flexibility index (Phi) is 16.7. The fourth-order valence-electron chi connectivity index (χ4n) is 0.275. The molecule has 0 bridgehead atoms. The molecule has 0 heterocycles. The van der Waals surface area contributed by atoms with Crippen LogP contribution in [0.4, 0.5) is 0 Å². The van der Waals surface area contributed by atoms with Crippen LogP contribution in [-0.4, -0.2) is 25.0 Å². The Bertz CT molecular complexity index is 229. The lowest BCUT2D eigenvalue weighted by Gasteiger charge is -1.99. The minimum Gasteiger partial charge on any atom is -0.461 e. The number of nitrogens with two attached hydrogens (primary N) is 2. The first kappa shape index (κ1) is 19.4. The average Bonchev–Trinajstić information content (AvgIpc) is 2.14. The zero-order valence-corrected chi connectivity index (χ0v) is 10.4. The summed E-state index contributed by atoms with van der Waals surface area (Å²) in [5, 5.41) is 0. The van der Waals surface area contributed by atoms with Crippen molar-refractivity contribution in [2.24, 2.45) is 11.5 Å². The van der Waals surface area contributed by atoms with Crippen LogP contribution in [0, 0.1) is 0 Å². The van der Waals surface area contributed by atoms with Crippen molar-refractivity contribution in [2.75, 3.05) is 13.2 Å². The fraction of sp³-hybridized carbons (Fsp3) is 0.333. The van der Waals surface area contributed by atoms with Crippen LogP contribution < -0.4 is 11.5 Å². The van der Waals surface area contributed by atoms with Crippen molar-refractivity contribution in [3.05, 3.63) is 24.8 Å². The molecule has 6 heteroatoms. The summed E-state index contributed by atoms with van der Waals surface area (Å²) in [6, 6.07) is 0. The van der Waals surface area contributed by atoms with Crippen molar-refractivity contribution >= 4 is 28.9 Å². The van der Waals surface area contributed by atoms with Gasteiger partial charge in [-0.1, -0.05) is 13.2 Å². The third kappa shape index (κ3) is 19.3. The van der Waals surface area contributed by atoms with Crippen molar-refractivity contribution in [3.8, 4) is 0 Å². The first-order valence-electron chi connectivity index (χ1n) is 3.90. The monoisotopic (exact) mass is 280 g/mol. The Morgan fingerprint density at radius 2 is 1.87 bits per heavy atom. The van der Waals surface area contributed by atoms with E-state index in [1.807, 2.05) is 0 Å². The van der Waals surface area contributed by atoms with Gasteiger partial charge in [0.15, 0.2) is 0 Å². The molecule has 88 valence electrons. The molecule has 0 aliphatic carbocycles. The number of halogens is 1. The fourth-order valence-corrected chi connectivity index (χ4v) is 0.275. The van der Waals surface area contributed by atoms with Crippen LogP contribution in [0.1, 0.15) is 6.92 Å². The molecular formula is C9H17BrN2O3. The van der Waals surface area contributed by atoms with Crippen LogP contribution in [0.3, 0.4) is 0 Å². The highest BCUT2D eigenvalue weighted by molar-refractivity contribution is 8.93. The van der Waals surface area contributed by atoms with Crippen LogP contribution in [-0.2, 0) is 14.3 Å². The highest BCUT2D eigenvalue weighted by atomic mass is 79.9. The first-order valence-corrected chi connectivity index (χ1v) is 3.90. The Hall–Kier alpha value is -1.14. The van der Waals surface area contributed by atoms with E-state index in [9.17, 15) is 9.59 Å². The largest absolute Gasteiger partial charge is 0.461 e. The molecule has 0 radical (unpaired) electrons. The van der Waals surface area contributed by atoms with E-state index in [0.717, 1.165) is 6.08 Å². The zero-order chi connectivity index (χ0) is 11.6. The summed E-state index contributed by atoms with van der Waals surface area (Å²) in [5.41, 5.74) is 10.0. The lowest BCUT2D eigenvalue weighted by atomic mass is 10.4. The molecule has 0 saturated carbocycles. The maximum atomic E-state index is 10.5. The summed E-state index contributed by atoms with van der Waals surface area (Å²) in [7, 11) is 0. The second kappa shape index (κ2) is 12.9. The molecule has 0 unspecified atom stereocenters. The third-order valence-electron chi connectivity index (χ3n) is 0.901. The molecule has 0 saturated heterocycles. The van der Waals surface area contributed by atoms with Gasteiger partial charge < -0.3 is 16.2 Å². The van der Waals surface area contributed by atoms with Gasteiger partial charge in [0.05, 0.1) is 0 Å². The maximum absolute atomic E-state index is 10.5. The van der Waals surface area contributed by atoms with Gasteiger partial charge in [0, 0.05) is 12.1 Å². The normalized spacial score (nSPS) is 7.33. The summed E-state index contributed by atoms with van der Waals surface area (Å²) in [4.78, 5) is 20.0. The quantitative estimate of drug-likeness (QED) is 0.572. The molecule has 15 heavy (non-hydrogen) atoms. The maximum Gasteiger partial charge on any atom is 0.333 e. The van der Waals surface area contributed by atoms with Gasteiger partial charge in [-0.2, -0.15) is 0 Å². The lowest BCUT2D eigenvalue weighted by Crippen LogP contribution is -2.13. The van der Waals surface area contributed by atoms with E-state index in [2.05, 4.69) is 23.6 Å². The molecule has 0 spiro atoms. The van der Waals surface area contributed by atoms with Gasteiger partial charge in [-0.25, -0.2) is 4.79 Å².